The van der Waals surface area contributed by atoms with Gasteiger partial charge in [-0.1, -0.05) is 72.8 Å². The normalized spacial score (nSPS) is 11.0. The van der Waals surface area contributed by atoms with Gasteiger partial charge in [0, 0.05) is 40.9 Å². The monoisotopic (exact) mass is 447 g/mol. The Morgan fingerprint density at radius 1 is 0.794 bits per heavy atom. The number of carboxylic acids is 1. The lowest BCUT2D eigenvalue weighted by molar-refractivity contribution is 0.0687. The summed E-state index contributed by atoms with van der Waals surface area (Å²) < 4.78 is 1.90. The van der Waals surface area contributed by atoms with Crippen molar-refractivity contribution in [3.63, 3.8) is 0 Å². The number of fused-ring (bicyclic) bond motifs is 1. The van der Waals surface area contributed by atoms with Crippen LogP contribution in [0.3, 0.4) is 0 Å². The molecular weight excluding hydrogens is 422 g/mol. The van der Waals surface area contributed by atoms with Gasteiger partial charge in [0.05, 0.1) is 0 Å². The highest BCUT2D eigenvalue weighted by molar-refractivity contribution is 6.09. The van der Waals surface area contributed by atoms with Crippen LogP contribution in [0.25, 0.3) is 22.0 Å². The van der Waals surface area contributed by atoms with E-state index in [4.69, 9.17) is 5.73 Å². The minimum absolute atomic E-state index is 0.285. The molecule has 5 heteroatoms. The molecule has 0 amide bonds. The maximum atomic E-state index is 12.6. The van der Waals surface area contributed by atoms with E-state index in [9.17, 15) is 9.90 Å². The van der Waals surface area contributed by atoms with Crippen LogP contribution in [0.15, 0.2) is 103 Å². The Hall–Kier alpha value is -4.35. The number of hydrogen-bond acceptors (Lipinski definition) is 3. The lowest BCUT2D eigenvalue weighted by Gasteiger charge is -2.10. The lowest BCUT2D eigenvalue weighted by Crippen LogP contribution is -2.10. The molecule has 0 saturated carbocycles. The van der Waals surface area contributed by atoms with Gasteiger partial charge in [0.15, 0.2) is 0 Å². The van der Waals surface area contributed by atoms with Gasteiger partial charge in [0.25, 0.3) is 0 Å². The van der Waals surface area contributed by atoms with E-state index in [0.29, 0.717) is 13.1 Å². The van der Waals surface area contributed by atoms with Crippen LogP contribution in [0.1, 0.15) is 21.6 Å². The van der Waals surface area contributed by atoms with E-state index in [2.05, 4.69) is 5.32 Å². The zero-order chi connectivity index (χ0) is 23.5. The summed E-state index contributed by atoms with van der Waals surface area (Å²) in [5, 5.41) is 14.6. The van der Waals surface area contributed by atoms with Crippen LogP contribution in [0, 0.1) is 0 Å². The number of aromatic nitrogens is 1. The summed E-state index contributed by atoms with van der Waals surface area (Å²) in [6.45, 7) is 0.939. The highest BCUT2D eigenvalue weighted by Crippen LogP contribution is 2.37. The van der Waals surface area contributed by atoms with E-state index in [0.717, 1.165) is 44.5 Å². The molecule has 0 aliphatic carbocycles. The smallest absolute Gasteiger partial charge is 0.353 e. The van der Waals surface area contributed by atoms with Gasteiger partial charge in [-0.3, -0.25) is 0 Å². The summed E-state index contributed by atoms with van der Waals surface area (Å²) in [7, 11) is 0. The fourth-order valence-corrected chi connectivity index (χ4v) is 4.42. The Labute approximate surface area is 198 Å². The van der Waals surface area contributed by atoms with E-state index in [1.54, 1.807) is 0 Å². The molecule has 0 spiro atoms. The Kier molecular flexibility index (Phi) is 5.85. The minimum Gasteiger partial charge on any atom is -0.477 e. The lowest BCUT2D eigenvalue weighted by atomic mass is 10.0. The van der Waals surface area contributed by atoms with Gasteiger partial charge in [-0.15, -0.1) is 0 Å². The molecule has 0 bridgehead atoms. The molecule has 0 aliphatic heterocycles. The molecule has 1 heterocycles. The van der Waals surface area contributed by atoms with Crippen molar-refractivity contribution < 1.29 is 9.90 Å². The van der Waals surface area contributed by atoms with E-state index in [1.807, 2.05) is 108 Å². The van der Waals surface area contributed by atoms with Crippen molar-refractivity contribution in [1.29, 1.82) is 0 Å². The molecule has 4 N–H and O–H groups in total. The van der Waals surface area contributed by atoms with Crippen LogP contribution in [-0.2, 0) is 13.1 Å². The maximum Gasteiger partial charge on any atom is 0.353 e. The number of aromatic carboxylic acids is 1. The summed E-state index contributed by atoms with van der Waals surface area (Å²) in [4.78, 5) is 12.6. The van der Waals surface area contributed by atoms with Gasteiger partial charge >= 0.3 is 5.97 Å². The Morgan fingerprint density at radius 3 is 2.18 bits per heavy atom. The minimum atomic E-state index is -0.948. The van der Waals surface area contributed by atoms with Gasteiger partial charge in [-0.05, 0) is 47.0 Å². The van der Waals surface area contributed by atoms with E-state index in [-0.39, 0.29) is 5.69 Å². The van der Waals surface area contributed by atoms with Crippen molar-refractivity contribution in [2.45, 2.75) is 13.1 Å². The van der Waals surface area contributed by atoms with E-state index >= 15 is 0 Å². The van der Waals surface area contributed by atoms with Gasteiger partial charge in [0.1, 0.15) is 5.69 Å². The number of nitrogens with two attached hydrogens (primary N) is 1. The van der Waals surface area contributed by atoms with Crippen LogP contribution in [0.2, 0.25) is 0 Å². The second kappa shape index (κ2) is 9.25. The highest BCUT2D eigenvalue weighted by Gasteiger charge is 2.24. The summed E-state index contributed by atoms with van der Waals surface area (Å²) in [5.41, 5.74) is 12.5. The zero-order valence-corrected chi connectivity index (χ0v) is 18.6. The number of carboxylic acid groups (broad SMARTS) is 1. The summed E-state index contributed by atoms with van der Waals surface area (Å²) in [5.74, 6) is -0.948. The molecule has 5 nitrogen and oxygen atoms in total. The fraction of sp³-hybridized carbons (Fsp3) is 0.0690. The number of carbonyl (C=O) groups is 1. The van der Waals surface area contributed by atoms with Gasteiger partial charge in [-0.2, -0.15) is 0 Å². The first-order valence-electron chi connectivity index (χ1n) is 11.2. The molecule has 0 atom stereocenters. The largest absolute Gasteiger partial charge is 0.477 e. The van der Waals surface area contributed by atoms with Gasteiger partial charge < -0.3 is 20.7 Å². The topological polar surface area (TPSA) is 80.3 Å². The standard InChI is InChI=1S/C29H25N3O2/c30-18-21-10-7-13-23(16-21)31-24-14-15-26-25(17-24)27(22-11-5-2-6-12-22)28(29(33)34)32(26)19-20-8-3-1-4-9-20/h1-17,31H,18-19,30H2,(H,33,34). The van der Waals surface area contributed by atoms with Crippen LogP contribution in [-0.4, -0.2) is 15.6 Å². The molecule has 1 aromatic heterocycles. The summed E-state index contributed by atoms with van der Waals surface area (Å²) in [6.07, 6.45) is 0. The Balaban J connectivity index is 1.70. The van der Waals surface area contributed by atoms with Crippen LogP contribution >= 0.6 is 0 Å². The number of anilines is 2. The number of hydrogen-bond donors (Lipinski definition) is 3. The zero-order valence-electron chi connectivity index (χ0n) is 18.6. The maximum absolute atomic E-state index is 12.6. The third-order valence-electron chi connectivity index (χ3n) is 5.96. The van der Waals surface area contributed by atoms with Gasteiger partial charge in [-0.25, -0.2) is 4.79 Å². The first kappa shape index (κ1) is 21.5. The average molecular weight is 448 g/mol. The number of nitrogens with one attached hydrogen (secondary N) is 1. The molecule has 0 unspecified atom stereocenters. The highest BCUT2D eigenvalue weighted by atomic mass is 16.4. The van der Waals surface area contributed by atoms with Crippen LogP contribution in [0.4, 0.5) is 11.4 Å². The van der Waals surface area contributed by atoms with E-state index in [1.165, 1.54) is 0 Å². The van der Waals surface area contributed by atoms with Crippen molar-refractivity contribution in [3.05, 3.63) is 120 Å². The Bertz CT molecular complexity index is 1460. The fourth-order valence-electron chi connectivity index (χ4n) is 4.42. The first-order chi connectivity index (χ1) is 16.6. The second-order valence-corrected chi connectivity index (χ2v) is 8.23. The molecule has 5 rings (SSSR count). The molecule has 168 valence electrons. The number of nitrogens with zero attached hydrogens (tertiary/aromatic N) is 1. The molecular formula is C29H25N3O2. The quantitative estimate of drug-likeness (QED) is 0.275. The predicted molar refractivity (Wildman–Crippen MR) is 137 cm³/mol. The van der Waals surface area contributed by atoms with Crippen molar-refractivity contribution in [2.75, 3.05) is 5.32 Å². The van der Waals surface area contributed by atoms with Crippen LogP contribution < -0.4 is 11.1 Å². The third kappa shape index (κ3) is 4.17. The molecule has 0 fully saturated rings. The molecule has 5 aromatic rings. The number of benzene rings is 4. The predicted octanol–water partition coefficient (Wildman–Crippen LogP) is 6.26. The summed E-state index contributed by atoms with van der Waals surface area (Å²) >= 11 is 0. The van der Waals surface area contributed by atoms with Crippen molar-refractivity contribution in [1.82, 2.24) is 4.57 Å². The first-order valence-corrected chi connectivity index (χ1v) is 11.2. The molecule has 4 aromatic carbocycles. The molecule has 34 heavy (non-hydrogen) atoms. The third-order valence-corrected chi connectivity index (χ3v) is 5.96. The van der Waals surface area contributed by atoms with Crippen LogP contribution in [0.5, 0.6) is 0 Å². The van der Waals surface area contributed by atoms with Crippen molar-refractivity contribution in [3.8, 4) is 11.1 Å². The number of rotatable bonds is 7. The van der Waals surface area contributed by atoms with E-state index < -0.39 is 5.97 Å². The average Bonchev–Trinajstić information content (AvgIpc) is 3.19. The molecule has 0 saturated heterocycles. The van der Waals surface area contributed by atoms with Gasteiger partial charge in [0.2, 0.25) is 0 Å². The Morgan fingerprint density at radius 2 is 1.47 bits per heavy atom. The molecule has 0 radical (unpaired) electrons. The van der Waals surface area contributed by atoms with Crippen molar-refractivity contribution in [2.24, 2.45) is 5.73 Å². The summed E-state index contributed by atoms with van der Waals surface area (Å²) in [6, 6.07) is 33.6. The SMILES string of the molecule is NCc1cccc(Nc2ccc3c(c2)c(-c2ccccc2)c(C(=O)O)n3Cc2ccccc2)c1. The second-order valence-electron chi connectivity index (χ2n) is 8.23. The van der Waals surface area contributed by atoms with Crippen molar-refractivity contribution >= 4 is 28.2 Å². The molecule has 0 aliphatic rings.